The molecule has 2 N–H and O–H groups in total. The Labute approximate surface area is 124 Å². The molecule has 8 heteroatoms. The molecule has 104 valence electrons. The SMILES string of the molecule is COc1ccc(O)c(C(=O)Nc2ncnc(Cl)c2Cl)c1. The number of hydrogen-bond acceptors (Lipinski definition) is 5. The minimum absolute atomic E-state index is 0.0184. The molecule has 2 rings (SSSR count). The number of amides is 1. The molecule has 0 unspecified atom stereocenters. The van der Waals surface area contributed by atoms with E-state index in [1.54, 1.807) is 0 Å². The lowest BCUT2D eigenvalue weighted by Gasteiger charge is -2.09. The summed E-state index contributed by atoms with van der Waals surface area (Å²) in [5.74, 6) is -0.309. The van der Waals surface area contributed by atoms with Crippen molar-refractivity contribution in [3.05, 3.63) is 40.3 Å². The Bertz CT molecular complexity index is 664. The number of carbonyl (C=O) groups excluding carboxylic acids is 1. The second-order valence-corrected chi connectivity index (χ2v) is 4.40. The van der Waals surface area contributed by atoms with E-state index in [9.17, 15) is 9.90 Å². The van der Waals surface area contributed by atoms with Crippen LogP contribution < -0.4 is 10.1 Å². The quantitative estimate of drug-likeness (QED) is 0.851. The summed E-state index contributed by atoms with van der Waals surface area (Å²) >= 11 is 11.6. The standard InChI is InChI=1S/C12H9Cl2N3O3/c1-20-6-2-3-8(18)7(4-6)12(19)17-11-9(13)10(14)15-5-16-11/h2-5,18H,1H3,(H,15,16,17,19). The number of phenols is 1. The highest BCUT2D eigenvalue weighted by Gasteiger charge is 2.16. The van der Waals surface area contributed by atoms with Crippen molar-refractivity contribution in [1.82, 2.24) is 9.97 Å². The summed E-state index contributed by atoms with van der Waals surface area (Å²) in [7, 11) is 1.45. The zero-order chi connectivity index (χ0) is 14.7. The van der Waals surface area contributed by atoms with Crippen molar-refractivity contribution in [2.24, 2.45) is 0 Å². The van der Waals surface area contributed by atoms with Gasteiger partial charge in [0.1, 0.15) is 22.8 Å². The molecule has 0 aliphatic heterocycles. The second-order valence-electron chi connectivity index (χ2n) is 3.66. The monoisotopic (exact) mass is 313 g/mol. The summed E-state index contributed by atoms with van der Waals surface area (Å²) in [6.45, 7) is 0. The third-order valence-corrected chi connectivity index (χ3v) is 3.17. The van der Waals surface area contributed by atoms with Gasteiger partial charge in [0.05, 0.1) is 12.7 Å². The first-order valence-corrected chi connectivity index (χ1v) is 6.13. The highest BCUT2D eigenvalue weighted by Crippen LogP contribution is 2.28. The van der Waals surface area contributed by atoms with Crippen LogP contribution in [0.3, 0.4) is 0 Å². The number of benzene rings is 1. The fourth-order valence-corrected chi connectivity index (χ4v) is 1.71. The molecule has 20 heavy (non-hydrogen) atoms. The minimum Gasteiger partial charge on any atom is -0.507 e. The number of aromatic nitrogens is 2. The van der Waals surface area contributed by atoms with Crippen molar-refractivity contribution in [3.8, 4) is 11.5 Å². The third kappa shape index (κ3) is 2.92. The highest BCUT2D eigenvalue weighted by atomic mass is 35.5. The molecule has 0 radical (unpaired) electrons. The summed E-state index contributed by atoms with van der Waals surface area (Å²) < 4.78 is 4.99. The lowest BCUT2D eigenvalue weighted by Crippen LogP contribution is -2.14. The molecule has 1 amide bonds. The van der Waals surface area contributed by atoms with Gasteiger partial charge in [-0.1, -0.05) is 23.2 Å². The lowest BCUT2D eigenvalue weighted by molar-refractivity contribution is 0.102. The zero-order valence-corrected chi connectivity index (χ0v) is 11.7. The fraction of sp³-hybridized carbons (Fsp3) is 0.0833. The number of carbonyl (C=O) groups is 1. The van der Waals surface area contributed by atoms with Crippen molar-refractivity contribution in [2.45, 2.75) is 0 Å². The van der Waals surface area contributed by atoms with Gasteiger partial charge in [0.2, 0.25) is 0 Å². The molecule has 0 fully saturated rings. The first-order chi connectivity index (χ1) is 9.52. The average molecular weight is 314 g/mol. The number of aromatic hydroxyl groups is 1. The predicted molar refractivity (Wildman–Crippen MR) is 74.7 cm³/mol. The maximum absolute atomic E-state index is 12.1. The molecule has 1 aromatic carbocycles. The number of halogens is 2. The molecule has 0 bridgehead atoms. The number of methoxy groups -OCH3 is 1. The van der Waals surface area contributed by atoms with E-state index >= 15 is 0 Å². The molecule has 0 spiro atoms. The molecule has 0 atom stereocenters. The number of rotatable bonds is 3. The zero-order valence-electron chi connectivity index (χ0n) is 10.2. The van der Waals surface area contributed by atoms with E-state index in [1.165, 1.54) is 25.3 Å². The summed E-state index contributed by atoms with van der Waals surface area (Å²) in [6, 6.07) is 4.27. The maximum Gasteiger partial charge on any atom is 0.260 e. The van der Waals surface area contributed by atoms with Crippen LogP contribution in [0.25, 0.3) is 0 Å². The summed E-state index contributed by atoms with van der Waals surface area (Å²) in [4.78, 5) is 19.5. The molecule has 6 nitrogen and oxygen atoms in total. The van der Waals surface area contributed by atoms with Crippen LogP contribution in [0.1, 0.15) is 10.4 Å². The van der Waals surface area contributed by atoms with Crippen molar-refractivity contribution in [3.63, 3.8) is 0 Å². The van der Waals surface area contributed by atoms with Gasteiger partial charge >= 0.3 is 0 Å². The third-order valence-electron chi connectivity index (χ3n) is 2.43. The Morgan fingerprint density at radius 2 is 2.10 bits per heavy atom. The van der Waals surface area contributed by atoms with E-state index < -0.39 is 5.91 Å². The molecule has 1 aromatic heterocycles. The summed E-state index contributed by atoms with van der Waals surface area (Å²) in [5, 5.41) is 12.2. The smallest absolute Gasteiger partial charge is 0.260 e. The lowest BCUT2D eigenvalue weighted by atomic mass is 10.1. The van der Waals surface area contributed by atoms with Crippen molar-refractivity contribution in [2.75, 3.05) is 12.4 Å². The fourth-order valence-electron chi connectivity index (χ4n) is 1.43. The number of hydrogen-bond donors (Lipinski definition) is 2. The Balaban J connectivity index is 2.30. The minimum atomic E-state index is -0.599. The van der Waals surface area contributed by atoms with Gasteiger partial charge in [-0.25, -0.2) is 9.97 Å². The van der Waals surface area contributed by atoms with Crippen LogP contribution in [0.4, 0.5) is 5.82 Å². The molecule has 2 aromatic rings. The second kappa shape index (κ2) is 5.94. The Hall–Kier alpha value is -2.05. The van der Waals surface area contributed by atoms with Gasteiger partial charge in [0.15, 0.2) is 11.0 Å². The van der Waals surface area contributed by atoms with Crippen LogP contribution in [0.2, 0.25) is 10.2 Å². The number of nitrogens with zero attached hydrogens (tertiary/aromatic N) is 2. The van der Waals surface area contributed by atoms with Gasteiger partial charge in [-0.3, -0.25) is 4.79 Å². The number of phenolic OH excluding ortho intramolecular Hbond substituents is 1. The van der Waals surface area contributed by atoms with Crippen molar-refractivity contribution in [1.29, 1.82) is 0 Å². The first-order valence-electron chi connectivity index (χ1n) is 5.37. The molecule has 0 saturated heterocycles. The van der Waals surface area contributed by atoms with Crippen LogP contribution in [-0.2, 0) is 0 Å². The van der Waals surface area contributed by atoms with Gasteiger partial charge in [-0.05, 0) is 18.2 Å². The molecule has 0 saturated carbocycles. The average Bonchev–Trinajstić information content (AvgIpc) is 2.44. The van der Waals surface area contributed by atoms with Crippen molar-refractivity contribution >= 4 is 34.9 Å². The van der Waals surface area contributed by atoms with E-state index in [0.717, 1.165) is 6.33 Å². The Kier molecular flexibility index (Phi) is 4.26. The molecular weight excluding hydrogens is 305 g/mol. The first kappa shape index (κ1) is 14.4. The van der Waals surface area contributed by atoms with Crippen LogP contribution in [0.15, 0.2) is 24.5 Å². The van der Waals surface area contributed by atoms with Crippen LogP contribution in [0.5, 0.6) is 11.5 Å². The molecule has 0 aliphatic rings. The van der Waals surface area contributed by atoms with E-state index in [-0.39, 0.29) is 27.3 Å². The topological polar surface area (TPSA) is 84.3 Å². The molecule has 0 aliphatic carbocycles. The van der Waals surface area contributed by atoms with Crippen molar-refractivity contribution < 1.29 is 14.6 Å². The van der Waals surface area contributed by atoms with E-state index in [2.05, 4.69) is 15.3 Å². The normalized spacial score (nSPS) is 10.2. The van der Waals surface area contributed by atoms with Gasteiger partial charge in [-0.2, -0.15) is 0 Å². The number of nitrogens with one attached hydrogen (secondary N) is 1. The van der Waals surface area contributed by atoms with Crippen LogP contribution in [-0.4, -0.2) is 28.1 Å². The Morgan fingerprint density at radius 1 is 1.35 bits per heavy atom. The number of ether oxygens (including phenoxy) is 1. The summed E-state index contributed by atoms with van der Waals surface area (Å²) in [5.41, 5.74) is 0.0233. The molecule has 1 heterocycles. The maximum atomic E-state index is 12.1. The summed E-state index contributed by atoms with van der Waals surface area (Å²) in [6.07, 6.45) is 1.16. The van der Waals surface area contributed by atoms with Gasteiger partial charge < -0.3 is 15.2 Å². The molecular formula is C12H9Cl2N3O3. The Morgan fingerprint density at radius 3 is 2.80 bits per heavy atom. The number of anilines is 1. The van der Waals surface area contributed by atoms with E-state index in [1.807, 2.05) is 0 Å². The highest BCUT2D eigenvalue weighted by molar-refractivity contribution is 6.43. The van der Waals surface area contributed by atoms with Gasteiger partial charge in [0, 0.05) is 0 Å². The predicted octanol–water partition coefficient (Wildman–Crippen LogP) is 2.75. The van der Waals surface area contributed by atoms with E-state index in [0.29, 0.717) is 5.75 Å². The van der Waals surface area contributed by atoms with Crippen LogP contribution in [0, 0.1) is 0 Å². The van der Waals surface area contributed by atoms with Gasteiger partial charge in [0.25, 0.3) is 5.91 Å². The largest absolute Gasteiger partial charge is 0.507 e. The van der Waals surface area contributed by atoms with Gasteiger partial charge in [-0.15, -0.1) is 0 Å². The van der Waals surface area contributed by atoms with Crippen LogP contribution >= 0.6 is 23.2 Å². The van der Waals surface area contributed by atoms with E-state index in [4.69, 9.17) is 27.9 Å².